The van der Waals surface area contributed by atoms with Crippen LogP contribution in [0.25, 0.3) is 0 Å². The Kier molecular flexibility index (Phi) is 3.60. The highest BCUT2D eigenvalue weighted by molar-refractivity contribution is 5.67. The first kappa shape index (κ1) is 14.0. The van der Waals surface area contributed by atoms with Crippen LogP contribution < -0.4 is 0 Å². The average molecular weight is 266 g/mol. The maximum absolute atomic E-state index is 11.1. The highest BCUT2D eigenvalue weighted by Gasteiger charge is 2.40. The maximum atomic E-state index is 11.1. The largest absolute Gasteiger partial charge is 0.481 e. The second-order valence-corrected chi connectivity index (χ2v) is 6.82. The summed E-state index contributed by atoms with van der Waals surface area (Å²) in [6.45, 7) is 8.47. The van der Waals surface area contributed by atoms with Crippen molar-refractivity contribution in [1.29, 1.82) is 0 Å². The van der Waals surface area contributed by atoms with E-state index in [1.807, 2.05) is 0 Å². The summed E-state index contributed by atoms with van der Waals surface area (Å²) >= 11 is 0. The highest BCUT2D eigenvalue weighted by atomic mass is 16.4. The molecule has 3 atom stereocenters. The Morgan fingerprint density at radius 3 is 2.63 bits per heavy atom. The number of carboxylic acids is 1. The molecule has 2 rings (SSSR count). The van der Waals surface area contributed by atoms with E-state index in [1.165, 1.54) is 0 Å². The Bertz CT molecular complexity index is 463. The van der Waals surface area contributed by atoms with Gasteiger partial charge < -0.3 is 5.11 Å². The molecule has 6 heteroatoms. The van der Waals surface area contributed by atoms with E-state index < -0.39 is 5.97 Å². The van der Waals surface area contributed by atoms with Gasteiger partial charge in [0.15, 0.2) is 5.82 Å². The molecular formula is C13H22N4O2. The summed E-state index contributed by atoms with van der Waals surface area (Å²) in [6.07, 6.45) is 1.91. The lowest BCUT2D eigenvalue weighted by molar-refractivity contribution is -0.138. The minimum absolute atomic E-state index is 0.0402. The van der Waals surface area contributed by atoms with Gasteiger partial charge in [0.2, 0.25) is 0 Å². The van der Waals surface area contributed by atoms with Crippen molar-refractivity contribution in [2.24, 2.45) is 11.3 Å². The summed E-state index contributed by atoms with van der Waals surface area (Å²) in [4.78, 5) is 11.1. The van der Waals surface area contributed by atoms with Crippen LogP contribution in [0.15, 0.2) is 0 Å². The molecule has 1 heterocycles. The lowest BCUT2D eigenvalue weighted by atomic mass is 9.87. The molecule has 106 valence electrons. The van der Waals surface area contributed by atoms with Crippen LogP contribution in [0.4, 0.5) is 0 Å². The quantitative estimate of drug-likeness (QED) is 0.884. The number of rotatable bonds is 5. The average Bonchev–Trinajstić information content (AvgIpc) is 2.77. The summed E-state index contributed by atoms with van der Waals surface area (Å²) in [7, 11) is 0. The van der Waals surface area contributed by atoms with Gasteiger partial charge in [0, 0.05) is 5.92 Å². The number of tetrazole rings is 1. The van der Waals surface area contributed by atoms with Crippen LogP contribution in [0, 0.1) is 11.3 Å². The number of aliphatic carboxylic acids is 1. The second kappa shape index (κ2) is 4.90. The third-order valence-electron chi connectivity index (χ3n) is 3.56. The molecule has 1 aliphatic rings. The van der Waals surface area contributed by atoms with E-state index in [0.717, 1.165) is 18.7 Å². The van der Waals surface area contributed by atoms with E-state index in [2.05, 4.69) is 43.2 Å². The van der Waals surface area contributed by atoms with Crippen LogP contribution in [0.3, 0.4) is 0 Å². The lowest BCUT2D eigenvalue weighted by Gasteiger charge is -2.25. The molecule has 19 heavy (non-hydrogen) atoms. The Morgan fingerprint density at radius 2 is 2.16 bits per heavy atom. The number of carbonyl (C=O) groups is 1. The first-order valence-corrected chi connectivity index (χ1v) is 6.77. The van der Waals surface area contributed by atoms with Gasteiger partial charge in [-0.3, -0.25) is 4.79 Å². The molecular weight excluding hydrogens is 244 g/mol. The van der Waals surface area contributed by atoms with Crippen molar-refractivity contribution in [3.63, 3.8) is 0 Å². The van der Waals surface area contributed by atoms with Crippen molar-refractivity contribution < 1.29 is 9.90 Å². The standard InChI is InChI=1S/C13H22N4O2/c1-8-5-10(8)12-14-15-16-17(12)9(6-11(18)19)7-13(2,3)4/h8-10H,5-7H2,1-4H3,(H,18,19). The molecule has 1 aliphatic carbocycles. The zero-order valence-electron chi connectivity index (χ0n) is 12.0. The van der Waals surface area contributed by atoms with E-state index in [1.54, 1.807) is 4.68 Å². The molecule has 3 unspecified atom stereocenters. The molecule has 1 N–H and O–H groups in total. The minimum atomic E-state index is -0.806. The number of nitrogens with zero attached hydrogens (tertiary/aromatic N) is 4. The Morgan fingerprint density at radius 1 is 1.53 bits per heavy atom. The van der Waals surface area contributed by atoms with Gasteiger partial charge in [0.05, 0.1) is 12.5 Å². The van der Waals surface area contributed by atoms with E-state index in [4.69, 9.17) is 5.11 Å². The Hall–Kier alpha value is -1.46. The molecule has 1 aromatic heterocycles. The van der Waals surface area contributed by atoms with Crippen molar-refractivity contribution in [3.8, 4) is 0 Å². The van der Waals surface area contributed by atoms with Gasteiger partial charge in [0.1, 0.15) is 0 Å². The van der Waals surface area contributed by atoms with Crippen LogP contribution in [-0.2, 0) is 4.79 Å². The van der Waals surface area contributed by atoms with Gasteiger partial charge >= 0.3 is 5.97 Å². The topological polar surface area (TPSA) is 80.9 Å². The van der Waals surface area contributed by atoms with Gasteiger partial charge in [0.25, 0.3) is 0 Å². The fraction of sp³-hybridized carbons (Fsp3) is 0.846. The van der Waals surface area contributed by atoms with E-state index in [-0.39, 0.29) is 17.9 Å². The van der Waals surface area contributed by atoms with E-state index in [9.17, 15) is 4.79 Å². The van der Waals surface area contributed by atoms with Crippen molar-refractivity contribution in [2.45, 2.75) is 58.9 Å². The summed E-state index contributed by atoms with van der Waals surface area (Å²) < 4.78 is 1.74. The third kappa shape index (κ3) is 3.52. The summed E-state index contributed by atoms with van der Waals surface area (Å²) in [5, 5.41) is 21.0. The predicted octanol–water partition coefficient (Wildman–Crippen LogP) is 2.25. The number of carboxylic acid groups (broad SMARTS) is 1. The molecule has 0 amide bonds. The lowest BCUT2D eigenvalue weighted by Crippen LogP contribution is -2.23. The van der Waals surface area contributed by atoms with Crippen molar-refractivity contribution in [3.05, 3.63) is 5.82 Å². The molecule has 0 aliphatic heterocycles. The molecule has 1 saturated carbocycles. The molecule has 1 fully saturated rings. The van der Waals surface area contributed by atoms with Crippen molar-refractivity contribution in [1.82, 2.24) is 20.2 Å². The van der Waals surface area contributed by atoms with Crippen LogP contribution in [-0.4, -0.2) is 31.3 Å². The van der Waals surface area contributed by atoms with Crippen LogP contribution in [0.5, 0.6) is 0 Å². The summed E-state index contributed by atoms with van der Waals surface area (Å²) in [5.41, 5.74) is 0.0402. The zero-order valence-corrected chi connectivity index (χ0v) is 12.0. The smallest absolute Gasteiger partial charge is 0.305 e. The van der Waals surface area contributed by atoms with E-state index >= 15 is 0 Å². The fourth-order valence-electron chi connectivity index (χ4n) is 2.54. The van der Waals surface area contributed by atoms with Gasteiger partial charge in [-0.15, -0.1) is 5.10 Å². The predicted molar refractivity (Wildman–Crippen MR) is 69.7 cm³/mol. The van der Waals surface area contributed by atoms with Crippen LogP contribution in [0.2, 0.25) is 0 Å². The summed E-state index contributed by atoms with van der Waals surface area (Å²) in [6, 6.07) is -0.171. The molecule has 0 radical (unpaired) electrons. The number of aromatic nitrogens is 4. The number of hydrogen-bond donors (Lipinski definition) is 1. The third-order valence-corrected chi connectivity index (χ3v) is 3.56. The zero-order chi connectivity index (χ0) is 14.2. The second-order valence-electron chi connectivity index (χ2n) is 6.82. The summed E-state index contributed by atoms with van der Waals surface area (Å²) in [5.74, 6) is 1.04. The first-order chi connectivity index (χ1) is 8.78. The van der Waals surface area contributed by atoms with Gasteiger partial charge in [-0.25, -0.2) is 4.68 Å². The molecule has 0 bridgehead atoms. The SMILES string of the molecule is CC1CC1c1nnnn1C(CC(=O)O)CC(C)(C)C. The Labute approximate surface area is 113 Å². The fourth-order valence-corrected chi connectivity index (χ4v) is 2.54. The van der Waals surface area contributed by atoms with Gasteiger partial charge in [-0.2, -0.15) is 0 Å². The minimum Gasteiger partial charge on any atom is -0.481 e. The molecule has 0 saturated heterocycles. The maximum Gasteiger partial charge on any atom is 0.305 e. The van der Waals surface area contributed by atoms with Crippen LogP contribution >= 0.6 is 0 Å². The van der Waals surface area contributed by atoms with Crippen molar-refractivity contribution in [2.75, 3.05) is 0 Å². The van der Waals surface area contributed by atoms with Crippen molar-refractivity contribution >= 4 is 5.97 Å². The molecule has 1 aromatic rings. The van der Waals surface area contributed by atoms with Gasteiger partial charge in [-0.05, 0) is 34.6 Å². The monoisotopic (exact) mass is 266 g/mol. The Balaban J connectivity index is 2.22. The first-order valence-electron chi connectivity index (χ1n) is 6.77. The molecule has 0 spiro atoms. The highest BCUT2D eigenvalue weighted by Crippen LogP contribution is 2.46. The number of hydrogen-bond acceptors (Lipinski definition) is 4. The normalized spacial score (nSPS) is 24.2. The molecule has 0 aromatic carbocycles. The van der Waals surface area contributed by atoms with Gasteiger partial charge in [-0.1, -0.05) is 27.7 Å². The van der Waals surface area contributed by atoms with E-state index in [0.29, 0.717) is 11.8 Å². The van der Waals surface area contributed by atoms with Crippen LogP contribution in [0.1, 0.15) is 64.7 Å². The molecule has 6 nitrogen and oxygen atoms in total.